The van der Waals surface area contributed by atoms with Crippen molar-refractivity contribution in [2.24, 2.45) is 0 Å². The van der Waals surface area contributed by atoms with Crippen molar-refractivity contribution < 1.29 is 35.6 Å². The molecule has 0 aliphatic rings. The molecule has 0 amide bonds. The van der Waals surface area contributed by atoms with Gasteiger partial charge in [0.2, 0.25) is 0 Å². The molecule has 0 fully saturated rings. The van der Waals surface area contributed by atoms with E-state index < -0.39 is 14.5 Å². The van der Waals surface area contributed by atoms with Gasteiger partial charge in [-0.3, -0.25) is 0 Å². The molecule has 42 valence electrons. The Hall–Kier alpha value is 0.979. The van der Waals surface area contributed by atoms with Crippen LogP contribution >= 0.6 is 0 Å². The van der Waals surface area contributed by atoms with Crippen molar-refractivity contribution in [3.05, 3.63) is 0 Å². The van der Waals surface area contributed by atoms with E-state index in [0.717, 1.165) is 0 Å². The summed E-state index contributed by atoms with van der Waals surface area (Å²) in [4.78, 5) is 0. The van der Waals surface area contributed by atoms with Crippen LogP contribution in [0.15, 0.2) is 0 Å². The average molecular weight is 338 g/mol. The average Bonchev–Trinajstić information content (AvgIpc) is 1.35. The van der Waals surface area contributed by atoms with Crippen LogP contribution in [0.5, 0.6) is 0 Å². The van der Waals surface area contributed by atoms with E-state index in [1.165, 1.54) is 21.5 Å². The molecular formula is H2AsAuO4. The Morgan fingerprint density at radius 2 is 1.83 bits per heavy atom. The molecule has 0 aromatic carbocycles. The standard InChI is InChI=1S/AsH3O4.Au/c2-1(3,4)5;/h(H3,2,3,4,5);/q;+1/p-1. The summed E-state index contributed by atoms with van der Waals surface area (Å²) >= 11 is -3.37. The van der Waals surface area contributed by atoms with Gasteiger partial charge in [-0.05, 0) is 0 Å². The van der Waals surface area contributed by atoms with Crippen LogP contribution in [0.4, 0.5) is 0 Å². The monoisotopic (exact) mass is 338 g/mol. The summed E-state index contributed by atoms with van der Waals surface area (Å²) in [6.07, 6.45) is 0. The first-order chi connectivity index (χ1) is 2.56. The molecule has 0 aliphatic carbocycles. The van der Waals surface area contributed by atoms with Gasteiger partial charge in [0.05, 0.1) is 0 Å². The van der Waals surface area contributed by atoms with Gasteiger partial charge in [0, 0.05) is 0 Å². The van der Waals surface area contributed by atoms with E-state index in [-0.39, 0.29) is 0 Å². The van der Waals surface area contributed by atoms with Gasteiger partial charge in [0.25, 0.3) is 0 Å². The Bertz CT molecular complexity index is 71.6. The summed E-state index contributed by atoms with van der Waals surface area (Å²) in [5.41, 5.74) is 0. The maximum atomic E-state index is 9.52. The quantitative estimate of drug-likeness (QED) is 0.561. The first kappa shape index (κ1) is 6.98. The van der Waals surface area contributed by atoms with Crippen LogP contribution in [0, 0.1) is 0 Å². The third-order valence-electron chi connectivity index (χ3n) is 0.0717. The van der Waals surface area contributed by atoms with E-state index in [9.17, 15) is 3.74 Å². The van der Waals surface area contributed by atoms with E-state index in [1.807, 2.05) is 0 Å². The van der Waals surface area contributed by atoms with E-state index >= 15 is 0 Å². The van der Waals surface area contributed by atoms with Crippen LogP contribution in [0.2, 0.25) is 0 Å². The second kappa shape index (κ2) is 2.33. The molecule has 0 atom stereocenters. The van der Waals surface area contributed by atoms with Gasteiger partial charge < -0.3 is 0 Å². The Labute approximate surface area is 50.3 Å². The second-order valence-corrected chi connectivity index (χ2v) is 4.89. The summed E-state index contributed by atoms with van der Waals surface area (Å²) in [7, 11) is 0. The second-order valence-electron chi connectivity index (χ2n) is 0.546. The topological polar surface area (TPSA) is 66.8 Å². The van der Waals surface area contributed by atoms with Gasteiger partial charge >= 0.3 is 50.1 Å². The fraction of sp³-hybridized carbons (Fsp3) is 0. The van der Waals surface area contributed by atoms with Crippen LogP contribution in [0.25, 0.3) is 0 Å². The molecule has 6 heteroatoms. The minimum absolute atomic E-state index is 1.32. The molecule has 0 bridgehead atoms. The van der Waals surface area contributed by atoms with Crippen molar-refractivity contribution in [1.29, 1.82) is 0 Å². The third-order valence-corrected chi connectivity index (χ3v) is 3.05. The van der Waals surface area contributed by atoms with Gasteiger partial charge in [0.1, 0.15) is 0 Å². The summed E-state index contributed by atoms with van der Waals surface area (Å²) in [6, 6.07) is 0. The first-order valence-corrected chi connectivity index (χ1v) is 4.98. The molecule has 0 unspecified atom stereocenters. The predicted molar refractivity (Wildman–Crippen MR) is 12.0 cm³/mol. The van der Waals surface area contributed by atoms with Gasteiger partial charge in [-0.15, -0.1) is 0 Å². The molecule has 4 nitrogen and oxygen atoms in total. The fourth-order valence-electron chi connectivity index (χ4n) is 0. The molecule has 0 radical (unpaired) electrons. The summed E-state index contributed by atoms with van der Waals surface area (Å²) < 4.78 is 28.7. The molecule has 0 saturated heterocycles. The van der Waals surface area contributed by atoms with Crippen molar-refractivity contribution in [3.8, 4) is 0 Å². The van der Waals surface area contributed by atoms with Gasteiger partial charge in [-0.1, -0.05) is 0 Å². The Morgan fingerprint density at radius 3 is 1.83 bits per heavy atom. The molecule has 0 heterocycles. The number of rotatable bonds is 1. The predicted octanol–water partition coefficient (Wildman–Crippen LogP) is -1.68. The van der Waals surface area contributed by atoms with Gasteiger partial charge in [0.15, 0.2) is 0 Å². The molecule has 0 aromatic heterocycles. The molecular weight excluding hydrogens is 336 g/mol. The van der Waals surface area contributed by atoms with Crippen LogP contribution in [0.1, 0.15) is 0 Å². The minimum atomic E-state index is -4.68. The van der Waals surface area contributed by atoms with Crippen LogP contribution < -0.4 is 0 Å². The van der Waals surface area contributed by atoms with Crippen molar-refractivity contribution in [2.75, 3.05) is 0 Å². The van der Waals surface area contributed by atoms with Crippen molar-refractivity contribution in [1.82, 2.24) is 0 Å². The zero-order chi connectivity index (χ0) is 5.21. The van der Waals surface area contributed by atoms with Crippen molar-refractivity contribution in [3.63, 3.8) is 0 Å². The van der Waals surface area contributed by atoms with E-state index in [4.69, 9.17) is 8.19 Å². The summed E-state index contributed by atoms with van der Waals surface area (Å²) in [5, 5.41) is 0. The van der Waals surface area contributed by atoms with Crippen molar-refractivity contribution in [2.45, 2.75) is 0 Å². The first-order valence-electron chi connectivity index (χ1n) is 0.888. The molecule has 0 rings (SSSR count). The van der Waals surface area contributed by atoms with E-state index in [2.05, 4.69) is 2.23 Å². The molecule has 0 aromatic rings. The Kier molecular flexibility index (Phi) is 2.71. The van der Waals surface area contributed by atoms with Crippen LogP contribution in [-0.2, 0) is 27.4 Å². The zero-order valence-electron chi connectivity index (χ0n) is 2.46. The fourth-order valence-corrected chi connectivity index (χ4v) is 0. The zero-order valence-corrected chi connectivity index (χ0v) is 6.50. The normalized spacial score (nSPS) is 12.0. The summed E-state index contributed by atoms with van der Waals surface area (Å²) in [6.45, 7) is 0. The van der Waals surface area contributed by atoms with Gasteiger partial charge in [-0.2, -0.15) is 0 Å². The van der Waals surface area contributed by atoms with Crippen molar-refractivity contribution >= 4 is 14.5 Å². The van der Waals surface area contributed by atoms with E-state index in [0.29, 0.717) is 0 Å². The number of hydrogen-bond acceptors (Lipinski definition) is 2. The summed E-state index contributed by atoms with van der Waals surface area (Å²) in [5.74, 6) is 0. The molecule has 2 N–H and O–H groups in total. The molecule has 0 aliphatic heterocycles. The Morgan fingerprint density at radius 1 is 1.67 bits per heavy atom. The molecule has 0 saturated carbocycles. The Balaban J connectivity index is 3.48. The molecule has 0 spiro atoms. The SMILES string of the molecule is O=[As](O)(O)[O][Au]. The molecule has 6 heavy (non-hydrogen) atoms. The van der Waals surface area contributed by atoms with Gasteiger partial charge in [-0.25, -0.2) is 0 Å². The number of hydrogen-bond donors (Lipinski definition) is 2. The third kappa shape index (κ3) is 4.98. The maximum absolute atomic E-state index is 9.52. The van der Waals surface area contributed by atoms with Crippen LogP contribution in [0.3, 0.4) is 0 Å². The van der Waals surface area contributed by atoms with E-state index in [1.54, 1.807) is 0 Å². The van der Waals surface area contributed by atoms with Crippen LogP contribution in [-0.4, -0.2) is 22.7 Å².